The number of hydrogen-bond acceptors (Lipinski definition) is 0. The van der Waals surface area contributed by atoms with E-state index in [2.05, 4.69) is 0 Å². The molecule has 0 heterocycles. The van der Waals surface area contributed by atoms with Gasteiger partial charge in [-0.15, -0.1) is 0 Å². The molecule has 0 atom stereocenters. The van der Waals surface area contributed by atoms with Gasteiger partial charge in [-0.2, -0.15) is 0 Å². The molecule has 0 aliphatic rings. The van der Waals surface area contributed by atoms with E-state index in [1.165, 1.54) is 0 Å². The molecule has 5 heavy (non-hydrogen) atoms. The second kappa shape index (κ2) is 23.3. The first-order chi connectivity index (χ1) is 0. The van der Waals surface area contributed by atoms with Gasteiger partial charge < -0.3 is 0 Å². The zero-order valence-electron chi connectivity index (χ0n) is 1.67. The molecule has 0 radical (unpaired) electrons. The van der Waals surface area contributed by atoms with Gasteiger partial charge in [0.05, 0.1) is 0 Å². The summed E-state index contributed by atoms with van der Waals surface area (Å²) in [6.45, 7) is 0. The molecule has 0 bridgehead atoms. The molecular formula is HCeCrFeKMo. The van der Waals surface area contributed by atoms with Crippen molar-refractivity contribution in [3.8, 4) is 0 Å². The van der Waals surface area contributed by atoms with Crippen LogP contribution in [0.5, 0.6) is 0 Å². The first-order valence-corrected chi connectivity index (χ1v) is 0. The van der Waals surface area contributed by atoms with Gasteiger partial charge in [-0.05, 0) is 0 Å². The van der Waals surface area contributed by atoms with Crippen molar-refractivity contribution >= 4 is 51.4 Å². The third-order valence-corrected chi connectivity index (χ3v) is 0. The molecule has 0 rings (SSSR count). The second-order valence-electron chi connectivity index (χ2n) is 0. The summed E-state index contributed by atoms with van der Waals surface area (Å²) in [6, 6.07) is 0. The van der Waals surface area contributed by atoms with E-state index in [0.717, 1.165) is 0 Å². The maximum atomic E-state index is 0. The smallest absolute Gasteiger partial charge is 0 e. The Morgan fingerprint density at radius 1 is 1.00 bits per heavy atom. The van der Waals surface area contributed by atoms with Gasteiger partial charge in [-0.1, -0.05) is 0 Å². The quantitative estimate of drug-likeness (QED) is 0.487. The van der Waals surface area contributed by atoms with E-state index in [1.54, 1.807) is 0 Å². The molecule has 0 saturated heterocycles. The summed E-state index contributed by atoms with van der Waals surface area (Å²) in [5.41, 5.74) is 0. The second-order valence-corrected chi connectivity index (χ2v) is 0. The Bertz CT molecular complexity index is 11.6. The van der Waals surface area contributed by atoms with E-state index < -0.39 is 0 Å². The molecule has 0 fully saturated rings. The van der Waals surface area contributed by atoms with E-state index in [0.29, 0.717) is 0 Å². The summed E-state index contributed by atoms with van der Waals surface area (Å²) < 4.78 is 0. The van der Waals surface area contributed by atoms with Crippen LogP contribution in [0.25, 0.3) is 0 Å². The van der Waals surface area contributed by atoms with Crippen LogP contribution in [0.15, 0.2) is 0 Å². The van der Waals surface area contributed by atoms with Gasteiger partial charge in [0.15, 0.2) is 0 Å². The van der Waals surface area contributed by atoms with E-state index >= 15 is 0 Å². The van der Waals surface area contributed by atoms with Crippen molar-refractivity contribution in [1.29, 1.82) is 0 Å². The summed E-state index contributed by atoms with van der Waals surface area (Å²) in [4.78, 5) is 0. The van der Waals surface area contributed by atoms with Crippen LogP contribution in [-0.4, -0.2) is 51.4 Å². The van der Waals surface area contributed by atoms with E-state index in [1.807, 2.05) is 0 Å². The molecule has 0 aromatic carbocycles. The van der Waals surface area contributed by atoms with Crippen LogP contribution in [0.2, 0.25) is 0 Å². The van der Waals surface area contributed by atoms with E-state index in [9.17, 15) is 0 Å². The average molecular weight is 384 g/mol. The van der Waals surface area contributed by atoms with Crippen LogP contribution in [0.1, 0.15) is 0 Å². The first kappa shape index (κ1) is 33.1. The standard InChI is InChI=1S/Ce.Cr.Fe.K.Mo.H. The molecule has 0 aliphatic carbocycles. The van der Waals surface area contributed by atoms with Gasteiger partial charge >= 0.3 is 51.4 Å². The maximum Gasteiger partial charge on any atom is 0 e. The monoisotopic (exact) mass is 386 g/mol. The zero-order chi connectivity index (χ0) is 0. The van der Waals surface area contributed by atoms with Crippen LogP contribution in [0.4, 0.5) is 0 Å². The summed E-state index contributed by atoms with van der Waals surface area (Å²) in [5, 5.41) is 0. The summed E-state index contributed by atoms with van der Waals surface area (Å²) >= 11 is 0. The molecule has 5 heteroatoms. The average Bonchev–Trinajstić information content (AvgIpc) is 0. The normalized spacial score (nSPS) is 0. The van der Waals surface area contributed by atoms with Crippen LogP contribution < -0.4 is 0 Å². The minimum Gasteiger partial charge on any atom is 0 e. The number of hydrogen-bond donors (Lipinski definition) is 0. The van der Waals surface area contributed by atoms with Crippen molar-refractivity contribution in [3.05, 3.63) is 0 Å². The van der Waals surface area contributed by atoms with Crippen molar-refractivity contribution < 1.29 is 97.2 Å². The Morgan fingerprint density at radius 2 is 1.00 bits per heavy atom. The van der Waals surface area contributed by atoms with Gasteiger partial charge in [0.25, 0.3) is 0 Å². The Morgan fingerprint density at radius 3 is 1.00 bits per heavy atom. The summed E-state index contributed by atoms with van der Waals surface area (Å²) in [5.74, 6) is 0. The fourth-order valence-corrected chi connectivity index (χ4v) is 0. The SMILES string of the molecule is [Ce].[Cr].[Fe].[KH].[Mo]. The molecule has 0 unspecified atom stereocenters. The summed E-state index contributed by atoms with van der Waals surface area (Å²) in [7, 11) is 0. The fourth-order valence-electron chi connectivity index (χ4n) is 0. The molecular weight excluding hydrogens is 383 g/mol. The number of rotatable bonds is 0. The van der Waals surface area contributed by atoms with Crippen LogP contribution in [0.3, 0.4) is 0 Å². The molecule has 0 spiro atoms. The Kier molecular flexibility index (Phi) is 154. The van der Waals surface area contributed by atoms with Gasteiger partial charge in [-0.25, -0.2) is 0 Å². The molecule has 0 aliphatic heterocycles. The molecule has 0 saturated carbocycles. The van der Waals surface area contributed by atoms with Gasteiger partial charge in [0.2, 0.25) is 0 Å². The predicted octanol–water partition coefficient (Wildman–Crippen LogP) is -0.656. The van der Waals surface area contributed by atoms with Crippen molar-refractivity contribution in [2.75, 3.05) is 0 Å². The predicted molar refractivity (Wildman–Crippen MR) is 7.15 cm³/mol. The van der Waals surface area contributed by atoms with Crippen molar-refractivity contribution in [3.63, 3.8) is 0 Å². The molecule has 0 amide bonds. The third kappa shape index (κ3) is 17.7. The summed E-state index contributed by atoms with van der Waals surface area (Å²) in [6.07, 6.45) is 0. The molecule has 0 aromatic heterocycles. The first-order valence-electron chi connectivity index (χ1n) is 0. The van der Waals surface area contributed by atoms with Crippen LogP contribution in [0, 0.1) is 41.7 Å². The zero-order valence-corrected chi connectivity index (χ0v) is 9.20. The van der Waals surface area contributed by atoms with Crippen molar-refractivity contribution in [2.45, 2.75) is 0 Å². The maximum absolute atomic E-state index is 0. The topological polar surface area (TPSA) is 0 Å². The van der Waals surface area contributed by atoms with Crippen molar-refractivity contribution in [1.82, 2.24) is 0 Å². The van der Waals surface area contributed by atoms with Crippen LogP contribution in [-0.2, 0) is 55.5 Å². The van der Waals surface area contributed by atoms with Crippen LogP contribution >= 0.6 is 0 Å². The van der Waals surface area contributed by atoms with Gasteiger partial charge in [-0.3, -0.25) is 0 Å². The van der Waals surface area contributed by atoms with E-state index in [-0.39, 0.29) is 149 Å². The Labute approximate surface area is 144 Å². The Balaban J connectivity index is 0. The minimum absolute atomic E-state index is 0. The molecule has 26 valence electrons. The Hall–Kier alpha value is 4.75. The molecule has 0 aromatic rings. The minimum atomic E-state index is 0. The van der Waals surface area contributed by atoms with Gasteiger partial charge in [0, 0.05) is 97.2 Å². The van der Waals surface area contributed by atoms with Crippen molar-refractivity contribution in [2.24, 2.45) is 0 Å². The fraction of sp³-hybridized carbons (Fsp3) is 0. The van der Waals surface area contributed by atoms with Gasteiger partial charge in [0.1, 0.15) is 0 Å². The van der Waals surface area contributed by atoms with E-state index in [4.69, 9.17) is 0 Å². The third-order valence-electron chi connectivity index (χ3n) is 0. The largest absolute Gasteiger partial charge is 0 e. The molecule has 0 N–H and O–H groups in total. The molecule has 0 nitrogen and oxygen atoms in total.